The van der Waals surface area contributed by atoms with Gasteiger partial charge in [0, 0.05) is 19.8 Å². The lowest BCUT2D eigenvalue weighted by Crippen LogP contribution is -2.12. The zero-order valence-corrected chi connectivity index (χ0v) is 10.4. The molecule has 0 fully saturated rings. The SMILES string of the molecule is CC(C)COCCCNc1cncc(NN)n1. The summed E-state index contributed by atoms with van der Waals surface area (Å²) >= 11 is 0. The minimum atomic E-state index is 0.547. The molecule has 1 heterocycles. The molecule has 0 bridgehead atoms. The van der Waals surface area contributed by atoms with Crippen molar-refractivity contribution in [2.75, 3.05) is 30.5 Å². The van der Waals surface area contributed by atoms with E-state index in [2.05, 4.69) is 34.6 Å². The van der Waals surface area contributed by atoms with Crippen LogP contribution in [0.25, 0.3) is 0 Å². The van der Waals surface area contributed by atoms with E-state index in [1.165, 1.54) is 0 Å². The van der Waals surface area contributed by atoms with Crippen molar-refractivity contribution in [1.82, 2.24) is 9.97 Å². The Labute approximate surface area is 102 Å². The largest absolute Gasteiger partial charge is 0.381 e. The third-order valence-electron chi connectivity index (χ3n) is 2.01. The van der Waals surface area contributed by atoms with Gasteiger partial charge in [0.2, 0.25) is 0 Å². The molecule has 0 spiro atoms. The first-order valence-electron chi connectivity index (χ1n) is 5.82. The Bertz CT molecular complexity index is 318. The highest BCUT2D eigenvalue weighted by atomic mass is 16.5. The van der Waals surface area contributed by atoms with Crippen LogP contribution >= 0.6 is 0 Å². The first-order valence-corrected chi connectivity index (χ1v) is 5.82. The molecule has 0 saturated carbocycles. The Hall–Kier alpha value is -1.40. The van der Waals surface area contributed by atoms with Crippen molar-refractivity contribution in [1.29, 1.82) is 0 Å². The maximum Gasteiger partial charge on any atom is 0.160 e. The predicted molar refractivity (Wildman–Crippen MR) is 68.6 cm³/mol. The molecule has 0 amide bonds. The molecule has 17 heavy (non-hydrogen) atoms. The van der Waals surface area contributed by atoms with Crippen molar-refractivity contribution in [2.45, 2.75) is 20.3 Å². The van der Waals surface area contributed by atoms with Gasteiger partial charge in [-0.15, -0.1) is 0 Å². The number of ether oxygens (including phenoxy) is 1. The first-order chi connectivity index (χ1) is 8.22. The Morgan fingerprint density at radius 3 is 2.82 bits per heavy atom. The predicted octanol–water partition coefficient (Wildman–Crippen LogP) is 1.24. The van der Waals surface area contributed by atoms with E-state index in [0.29, 0.717) is 17.6 Å². The van der Waals surface area contributed by atoms with Gasteiger partial charge in [-0.25, -0.2) is 10.8 Å². The maximum absolute atomic E-state index is 5.47. The van der Waals surface area contributed by atoms with Crippen LogP contribution in [0.15, 0.2) is 12.4 Å². The number of nitrogen functional groups attached to an aromatic ring is 1. The van der Waals surface area contributed by atoms with Gasteiger partial charge in [0.1, 0.15) is 5.82 Å². The quantitative estimate of drug-likeness (QED) is 0.359. The number of hydrogen-bond acceptors (Lipinski definition) is 6. The first kappa shape index (κ1) is 13.7. The summed E-state index contributed by atoms with van der Waals surface area (Å²) in [6, 6.07) is 0. The van der Waals surface area contributed by atoms with E-state index in [1.807, 2.05) is 0 Å². The van der Waals surface area contributed by atoms with E-state index in [1.54, 1.807) is 12.4 Å². The van der Waals surface area contributed by atoms with Crippen molar-refractivity contribution in [3.8, 4) is 0 Å². The van der Waals surface area contributed by atoms with Crippen molar-refractivity contribution >= 4 is 11.6 Å². The molecule has 0 radical (unpaired) electrons. The molecule has 1 rings (SSSR count). The van der Waals surface area contributed by atoms with Crippen molar-refractivity contribution < 1.29 is 4.74 Å². The van der Waals surface area contributed by atoms with Crippen molar-refractivity contribution in [2.24, 2.45) is 11.8 Å². The Kier molecular flexibility index (Phi) is 6.27. The van der Waals surface area contributed by atoms with Crippen LogP contribution in [0.2, 0.25) is 0 Å². The van der Waals surface area contributed by atoms with Gasteiger partial charge in [0.05, 0.1) is 12.4 Å². The third-order valence-corrected chi connectivity index (χ3v) is 2.01. The summed E-state index contributed by atoms with van der Waals surface area (Å²) in [6.07, 6.45) is 4.17. The fourth-order valence-electron chi connectivity index (χ4n) is 1.23. The van der Waals surface area contributed by atoms with Crippen LogP contribution in [0.3, 0.4) is 0 Å². The van der Waals surface area contributed by atoms with Gasteiger partial charge in [0.15, 0.2) is 5.82 Å². The van der Waals surface area contributed by atoms with Crippen LogP contribution < -0.4 is 16.6 Å². The van der Waals surface area contributed by atoms with Crippen LogP contribution in [-0.4, -0.2) is 29.7 Å². The molecule has 6 nitrogen and oxygen atoms in total. The smallest absolute Gasteiger partial charge is 0.160 e. The number of nitrogens with zero attached hydrogens (tertiary/aromatic N) is 2. The summed E-state index contributed by atoms with van der Waals surface area (Å²) in [5.74, 6) is 7.09. The molecule has 0 aliphatic heterocycles. The Balaban J connectivity index is 2.13. The average molecular weight is 239 g/mol. The monoisotopic (exact) mass is 239 g/mol. The molecule has 1 aromatic rings. The van der Waals surface area contributed by atoms with Gasteiger partial charge >= 0.3 is 0 Å². The summed E-state index contributed by atoms with van der Waals surface area (Å²) < 4.78 is 5.47. The van der Waals surface area contributed by atoms with Gasteiger partial charge in [-0.3, -0.25) is 4.98 Å². The molecular weight excluding hydrogens is 218 g/mol. The molecule has 0 aromatic carbocycles. The molecule has 0 aliphatic carbocycles. The lowest BCUT2D eigenvalue weighted by Gasteiger charge is -2.08. The standard InChI is InChI=1S/C11H21N5O/c1-9(2)8-17-5-3-4-14-10-6-13-7-11(15-10)16-12/h6-7,9H,3-5,8,12H2,1-2H3,(H2,14,15,16). The van der Waals surface area contributed by atoms with E-state index in [0.717, 1.165) is 26.2 Å². The van der Waals surface area contributed by atoms with Gasteiger partial charge in [-0.2, -0.15) is 0 Å². The van der Waals surface area contributed by atoms with E-state index >= 15 is 0 Å². The van der Waals surface area contributed by atoms with Gasteiger partial charge < -0.3 is 15.5 Å². The molecule has 6 heteroatoms. The highest BCUT2D eigenvalue weighted by molar-refractivity contribution is 5.40. The number of hydrogen-bond donors (Lipinski definition) is 3. The molecule has 1 aromatic heterocycles. The topological polar surface area (TPSA) is 85.1 Å². The van der Waals surface area contributed by atoms with Crippen LogP contribution in [0, 0.1) is 5.92 Å². The fraction of sp³-hybridized carbons (Fsp3) is 0.636. The Morgan fingerprint density at radius 1 is 1.35 bits per heavy atom. The Morgan fingerprint density at radius 2 is 2.12 bits per heavy atom. The average Bonchev–Trinajstić information content (AvgIpc) is 2.33. The zero-order valence-electron chi connectivity index (χ0n) is 10.4. The second kappa shape index (κ2) is 7.81. The molecule has 0 unspecified atom stereocenters. The molecule has 0 atom stereocenters. The fourth-order valence-corrected chi connectivity index (χ4v) is 1.23. The van der Waals surface area contributed by atoms with Crippen LogP contribution in [0.5, 0.6) is 0 Å². The summed E-state index contributed by atoms with van der Waals surface area (Å²) in [6.45, 7) is 6.65. The molecule has 96 valence electrons. The van der Waals surface area contributed by atoms with Crippen molar-refractivity contribution in [3.05, 3.63) is 12.4 Å². The number of rotatable bonds is 8. The summed E-state index contributed by atoms with van der Waals surface area (Å²) in [4.78, 5) is 8.18. The van der Waals surface area contributed by atoms with Gasteiger partial charge in [-0.1, -0.05) is 13.8 Å². The van der Waals surface area contributed by atoms with Crippen LogP contribution in [0.1, 0.15) is 20.3 Å². The van der Waals surface area contributed by atoms with Gasteiger partial charge in [0.25, 0.3) is 0 Å². The summed E-state index contributed by atoms with van der Waals surface area (Å²) in [5, 5.41) is 3.16. The minimum absolute atomic E-state index is 0.547. The van der Waals surface area contributed by atoms with E-state index < -0.39 is 0 Å². The van der Waals surface area contributed by atoms with Crippen LogP contribution in [0.4, 0.5) is 11.6 Å². The highest BCUT2D eigenvalue weighted by Gasteiger charge is 1.97. The molecule has 4 N–H and O–H groups in total. The maximum atomic E-state index is 5.47. The van der Waals surface area contributed by atoms with Gasteiger partial charge in [-0.05, 0) is 12.3 Å². The minimum Gasteiger partial charge on any atom is -0.381 e. The second-order valence-electron chi connectivity index (χ2n) is 4.18. The normalized spacial score (nSPS) is 10.6. The summed E-state index contributed by atoms with van der Waals surface area (Å²) in [5.41, 5.74) is 2.45. The number of hydrazine groups is 1. The third kappa shape index (κ3) is 6.03. The van der Waals surface area contributed by atoms with E-state index in [9.17, 15) is 0 Å². The van der Waals surface area contributed by atoms with E-state index in [-0.39, 0.29) is 0 Å². The highest BCUT2D eigenvalue weighted by Crippen LogP contribution is 2.04. The van der Waals surface area contributed by atoms with E-state index in [4.69, 9.17) is 10.6 Å². The summed E-state index contributed by atoms with van der Waals surface area (Å²) in [7, 11) is 0. The number of nitrogens with two attached hydrogens (primary N) is 1. The lowest BCUT2D eigenvalue weighted by molar-refractivity contribution is 0.110. The second-order valence-corrected chi connectivity index (χ2v) is 4.18. The van der Waals surface area contributed by atoms with Crippen LogP contribution in [-0.2, 0) is 4.74 Å². The number of aromatic nitrogens is 2. The lowest BCUT2D eigenvalue weighted by atomic mass is 10.2. The molecule has 0 aliphatic rings. The molecular formula is C11H21N5O. The number of anilines is 2. The zero-order chi connectivity index (χ0) is 12.5. The molecule has 0 saturated heterocycles. The number of nitrogens with one attached hydrogen (secondary N) is 2. The van der Waals surface area contributed by atoms with Crippen molar-refractivity contribution in [3.63, 3.8) is 0 Å².